The summed E-state index contributed by atoms with van der Waals surface area (Å²) < 4.78 is 0. The molecule has 0 aliphatic heterocycles. The zero-order valence-corrected chi connectivity index (χ0v) is 14.3. The first-order valence-electron chi connectivity index (χ1n) is 7.62. The molecule has 1 aromatic carbocycles. The summed E-state index contributed by atoms with van der Waals surface area (Å²) in [6.07, 6.45) is 17.6. The van der Waals surface area contributed by atoms with Crippen LogP contribution in [0.3, 0.4) is 0 Å². The molecule has 0 saturated carbocycles. The van der Waals surface area contributed by atoms with Crippen molar-refractivity contribution in [3.8, 4) is 0 Å². The first kappa shape index (κ1) is 15.9. The summed E-state index contributed by atoms with van der Waals surface area (Å²) in [6.45, 7) is 8.44. The Morgan fingerprint density at radius 2 is 1.95 bits per heavy atom. The quantitative estimate of drug-likeness (QED) is 0.494. The van der Waals surface area contributed by atoms with Gasteiger partial charge in [0.05, 0.1) is 0 Å². The molecule has 0 amide bonds. The van der Waals surface area contributed by atoms with Gasteiger partial charge in [-0.1, -0.05) is 42.5 Å². The predicted octanol–water partition coefficient (Wildman–Crippen LogP) is 6.26. The van der Waals surface area contributed by atoms with Crippen LogP contribution in [0.1, 0.15) is 55.0 Å². The fourth-order valence-corrected chi connectivity index (χ4v) is 3.36. The Kier molecular flexibility index (Phi) is 5.30. The highest BCUT2D eigenvalue weighted by molar-refractivity contribution is 7.80. The second-order valence-corrected chi connectivity index (χ2v) is 5.79. The molecule has 21 heavy (non-hydrogen) atoms. The van der Waals surface area contributed by atoms with Crippen molar-refractivity contribution in [1.29, 1.82) is 0 Å². The van der Waals surface area contributed by atoms with E-state index in [1.54, 1.807) is 0 Å². The Labute approximate surface area is 134 Å². The maximum Gasteiger partial charge on any atom is 0.0151 e. The molecule has 0 N–H and O–H groups in total. The number of benzene rings is 1. The SMILES string of the molecule is C/C=C\C(=C/C)c1c(/C=C\C)c(C)c(S)c2c1CCC=C2. The summed E-state index contributed by atoms with van der Waals surface area (Å²) in [5.74, 6) is 0. The number of hydrogen-bond acceptors (Lipinski definition) is 1. The van der Waals surface area contributed by atoms with Crippen molar-refractivity contribution in [2.45, 2.75) is 45.4 Å². The van der Waals surface area contributed by atoms with Gasteiger partial charge >= 0.3 is 0 Å². The maximum absolute atomic E-state index is 4.79. The van der Waals surface area contributed by atoms with Crippen molar-refractivity contribution < 1.29 is 0 Å². The van der Waals surface area contributed by atoms with Crippen molar-refractivity contribution in [3.63, 3.8) is 0 Å². The van der Waals surface area contributed by atoms with Gasteiger partial charge in [0.25, 0.3) is 0 Å². The van der Waals surface area contributed by atoms with Crippen LogP contribution in [0.5, 0.6) is 0 Å². The number of hydrogen-bond donors (Lipinski definition) is 1. The van der Waals surface area contributed by atoms with Gasteiger partial charge in [0.1, 0.15) is 0 Å². The van der Waals surface area contributed by atoms with Crippen LogP contribution in [-0.2, 0) is 6.42 Å². The molecule has 0 heterocycles. The van der Waals surface area contributed by atoms with E-state index < -0.39 is 0 Å². The van der Waals surface area contributed by atoms with Crippen molar-refractivity contribution in [2.24, 2.45) is 0 Å². The highest BCUT2D eigenvalue weighted by Gasteiger charge is 2.20. The third-order valence-electron chi connectivity index (χ3n) is 4.04. The lowest BCUT2D eigenvalue weighted by Gasteiger charge is -2.23. The van der Waals surface area contributed by atoms with Gasteiger partial charge in [0.15, 0.2) is 0 Å². The van der Waals surface area contributed by atoms with Crippen molar-refractivity contribution in [1.82, 2.24) is 0 Å². The fourth-order valence-electron chi connectivity index (χ4n) is 3.03. The molecule has 0 unspecified atom stereocenters. The topological polar surface area (TPSA) is 0 Å². The highest BCUT2D eigenvalue weighted by Crippen LogP contribution is 2.39. The van der Waals surface area contributed by atoms with Gasteiger partial charge in [0.2, 0.25) is 0 Å². The largest absolute Gasteiger partial charge is 0.143 e. The molecule has 1 aromatic rings. The minimum Gasteiger partial charge on any atom is -0.143 e. The molecule has 0 radical (unpaired) electrons. The number of rotatable bonds is 3. The van der Waals surface area contributed by atoms with E-state index in [0.717, 1.165) is 17.7 Å². The van der Waals surface area contributed by atoms with E-state index in [0.29, 0.717) is 0 Å². The number of fused-ring (bicyclic) bond motifs is 1. The first-order chi connectivity index (χ1) is 10.2. The van der Waals surface area contributed by atoms with Gasteiger partial charge in [0, 0.05) is 4.90 Å². The van der Waals surface area contributed by atoms with E-state index in [9.17, 15) is 0 Å². The summed E-state index contributed by atoms with van der Waals surface area (Å²) in [5.41, 5.74) is 7.99. The molecule has 0 saturated heterocycles. The van der Waals surface area contributed by atoms with E-state index in [-0.39, 0.29) is 0 Å². The third kappa shape index (κ3) is 2.94. The van der Waals surface area contributed by atoms with Crippen molar-refractivity contribution in [3.05, 3.63) is 58.2 Å². The Morgan fingerprint density at radius 3 is 2.57 bits per heavy atom. The van der Waals surface area contributed by atoms with Crippen LogP contribution in [0.4, 0.5) is 0 Å². The smallest absolute Gasteiger partial charge is 0.0151 e. The Balaban J connectivity index is 2.88. The molecule has 2 rings (SSSR count). The summed E-state index contributed by atoms with van der Waals surface area (Å²) in [6, 6.07) is 0. The van der Waals surface area contributed by atoms with Crippen LogP contribution in [0, 0.1) is 6.92 Å². The highest BCUT2D eigenvalue weighted by atomic mass is 32.1. The van der Waals surface area contributed by atoms with Crippen LogP contribution >= 0.6 is 12.6 Å². The van der Waals surface area contributed by atoms with E-state index in [1.807, 2.05) is 0 Å². The summed E-state index contributed by atoms with van der Waals surface area (Å²) in [4.78, 5) is 1.12. The summed E-state index contributed by atoms with van der Waals surface area (Å²) in [7, 11) is 0. The molecule has 0 aromatic heterocycles. The van der Waals surface area contributed by atoms with Crippen LogP contribution < -0.4 is 0 Å². The second kappa shape index (κ2) is 7.00. The van der Waals surface area contributed by atoms with E-state index in [1.165, 1.54) is 33.4 Å². The molecule has 0 nitrogen and oxygen atoms in total. The van der Waals surface area contributed by atoms with E-state index in [4.69, 9.17) is 12.6 Å². The van der Waals surface area contributed by atoms with Crippen LogP contribution in [0.15, 0.2) is 35.3 Å². The molecule has 1 aliphatic rings. The molecular weight excluding hydrogens is 272 g/mol. The van der Waals surface area contributed by atoms with Gasteiger partial charge in [-0.15, -0.1) is 12.6 Å². The van der Waals surface area contributed by atoms with E-state index in [2.05, 4.69) is 70.2 Å². The van der Waals surface area contributed by atoms with Gasteiger partial charge in [-0.25, -0.2) is 0 Å². The number of thiol groups is 1. The standard InChI is InChI=1S/C20H24S/c1-5-10-15(7-3)19-16(11-6-2)14(4)20(21)18-13-9-8-12-17(18)19/h5-7,9-11,13,21H,8,12H2,1-4H3/b10-5-,11-6-,15-7+. The molecule has 1 aliphatic carbocycles. The fraction of sp³-hybridized carbons (Fsp3) is 0.300. The Hall–Kier alpha value is -1.47. The minimum atomic E-state index is 1.09. The summed E-state index contributed by atoms with van der Waals surface area (Å²) in [5, 5.41) is 0. The first-order valence-corrected chi connectivity index (χ1v) is 8.07. The Morgan fingerprint density at radius 1 is 1.19 bits per heavy atom. The van der Waals surface area contributed by atoms with Crippen molar-refractivity contribution >= 4 is 30.4 Å². The lowest BCUT2D eigenvalue weighted by Crippen LogP contribution is -2.06. The molecule has 110 valence electrons. The maximum atomic E-state index is 4.79. The summed E-state index contributed by atoms with van der Waals surface area (Å²) >= 11 is 4.79. The van der Waals surface area contributed by atoms with Gasteiger partial charge in [-0.3, -0.25) is 0 Å². The van der Waals surface area contributed by atoms with Crippen LogP contribution in [0.25, 0.3) is 17.7 Å². The lowest BCUT2D eigenvalue weighted by atomic mass is 9.83. The molecular formula is C20H24S. The van der Waals surface area contributed by atoms with Gasteiger partial charge in [-0.05, 0) is 73.9 Å². The zero-order valence-electron chi connectivity index (χ0n) is 13.4. The molecule has 0 spiro atoms. The third-order valence-corrected chi connectivity index (χ3v) is 4.61. The van der Waals surface area contributed by atoms with E-state index >= 15 is 0 Å². The molecule has 1 heteroatoms. The number of allylic oxidation sites excluding steroid dienone is 6. The molecule has 0 fully saturated rings. The monoisotopic (exact) mass is 296 g/mol. The van der Waals surface area contributed by atoms with Gasteiger partial charge < -0.3 is 0 Å². The molecule has 0 bridgehead atoms. The second-order valence-electron chi connectivity index (χ2n) is 5.34. The lowest BCUT2D eigenvalue weighted by molar-refractivity contribution is 0.963. The van der Waals surface area contributed by atoms with Crippen molar-refractivity contribution in [2.75, 3.05) is 0 Å². The predicted molar refractivity (Wildman–Crippen MR) is 99.0 cm³/mol. The normalized spacial score (nSPS) is 15.2. The average Bonchev–Trinajstić information content (AvgIpc) is 2.51. The van der Waals surface area contributed by atoms with Crippen LogP contribution in [0.2, 0.25) is 0 Å². The Bertz CT molecular complexity index is 655. The average molecular weight is 296 g/mol. The van der Waals surface area contributed by atoms with Crippen LogP contribution in [-0.4, -0.2) is 0 Å². The molecule has 0 atom stereocenters. The van der Waals surface area contributed by atoms with Gasteiger partial charge in [-0.2, -0.15) is 0 Å². The minimum absolute atomic E-state index is 1.09. The zero-order chi connectivity index (χ0) is 15.4.